The standard InChI is InChI=1S/C56H49N/c1-35-29-43(27-28-44(35)46-17-11-18-47-45-15-7-10-20-50(45)56(54(46)47)40-31-36-30-37(33-40)34-41(56)32-36)57(42-25-23-39(24-26-42)38-13-5-4-6-14-38)52-22-12-21-51-53(52)48-16-8-9-19-49(48)55(51,2)3/h4-29,36-37,40-41H,30-34H2,1-3H3. The third kappa shape index (κ3) is 4.63. The quantitative estimate of drug-likeness (QED) is 0.170. The predicted octanol–water partition coefficient (Wildman–Crippen LogP) is 14.8. The molecule has 278 valence electrons. The van der Waals surface area contributed by atoms with Crippen LogP contribution in [0.25, 0.3) is 44.5 Å². The molecule has 0 radical (unpaired) electrons. The number of benzene rings is 7. The van der Waals surface area contributed by atoms with Crippen molar-refractivity contribution in [1.82, 2.24) is 0 Å². The van der Waals surface area contributed by atoms with Crippen LogP contribution < -0.4 is 4.90 Å². The molecule has 1 heteroatoms. The summed E-state index contributed by atoms with van der Waals surface area (Å²) in [6.45, 7) is 7.12. The van der Waals surface area contributed by atoms with Gasteiger partial charge in [0, 0.05) is 27.8 Å². The summed E-state index contributed by atoms with van der Waals surface area (Å²) in [7, 11) is 0. The Hall–Kier alpha value is -5.66. The zero-order valence-corrected chi connectivity index (χ0v) is 33.3. The number of hydrogen-bond donors (Lipinski definition) is 0. The van der Waals surface area contributed by atoms with E-state index in [2.05, 4.69) is 183 Å². The van der Waals surface area contributed by atoms with E-state index in [9.17, 15) is 0 Å². The van der Waals surface area contributed by atoms with Crippen molar-refractivity contribution in [3.05, 3.63) is 186 Å². The Morgan fingerprint density at radius 3 is 1.74 bits per heavy atom. The Morgan fingerprint density at radius 2 is 1.02 bits per heavy atom. The maximum Gasteiger partial charge on any atom is 0.0543 e. The van der Waals surface area contributed by atoms with E-state index in [-0.39, 0.29) is 10.8 Å². The van der Waals surface area contributed by atoms with Gasteiger partial charge in [0.05, 0.1) is 5.69 Å². The second-order valence-electron chi connectivity index (χ2n) is 18.6. The van der Waals surface area contributed by atoms with Gasteiger partial charge in [0.2, 0.25) is 0 Å². The van der Waals surface area contributed by atoms with Gasteiger partial charge in [-0.05, 0) is 160 Å². The lowest BCUT2D eigenvalue weighted by Crippen LogP contribution is -2.55. The molecule has 0 amide bonds. The zero-order chi connectivity index (χ0) is 38.0. The highest BCUT2D eigenvalue weighted by molar-refractivity contribution is 5.96. The molecular weight excluding hydrogens is 687 g/mol. The third-order valence-corrected chi connectivity index (χ3v) is 15.4. The predicted molar refractivity (Wildman–Crippen MR) is 238 cm³/mol. The maximum atomic E-state index is 2.52. The summed E-state index contributed by atoms with van der Waals surface area (Å²) in [6.07, 6.45) is 7.05. The smallest absolute Gasteiger partial charge is 0.0543 e. The molecule has 0 aromatic heterocycles. The number of rotatable bonds is 5. The Bertz CT molecular complexity index is 2700. The summed E-state index contributed by atoms with van der Waals surface area (Å²) >= 11 is 0. The lowest BCUT2D eigenvalue weighted by atomic mass is 9.42. The normalized spacial score (nSPS) is 23.9. The van der Waals surface area contributed by atoms with Gasteiger partial charge in [-0.3, -0.25) is 0 Å². The molecule has 0 N–H and O–H groups in total. The molecule has 6 aliphatic carbocycles. The Balaban J connectivity index is 1.03. The second kappa shape index (κ2) is 12.2. The highest BCUT2D eigenvalue weighted by Gasteiger charge is 2.62. The van der Waals surface area contributed by atoms with Gasteiger partial charge < -0.3 is 4.90 Å². The monoisotopic (exact) mass is 735 g/mol. The van der Waals surface area contributed by atoms with Gasteiger partial charge in [0.25, 0.3) is 0 Å². The number of fused-ring (bicyclic) bond motifs is 6. The van der Waals surface area contributed by atoms with Crippen molar-refractivity contribution in [2.75, 3.05) is 4.90 Å². The van der Waals surface area contributed by atoms with Gasteiger partial charge in [0.15, 0.2) is 0 Å². The Kier molecular flexibility index (Phi) is 7.15. The average molecular weight is 736 g/mol. The van der Waals surface area contributed by atoms with Crippen LogP contribution in [-0.2, 0) is 10.8 Å². The molecule has 6 aliphatic rings. The van der Waals surface area contributed by atoms with Crippen molar-refractivity contribution in [1.29, 1.82) is 0 Å². The molecule has 57 heavy (non-hydrogen) atoms. The van der Waals surface area contributed by atoms with Crippen LogP contribution in [-0.4, -0.2) is 0 Å². The molecule has 13 rings (SSSR count). The summed E-state index contributed by atoms with van der Waals surface area (Å²) in [4.78, 5) is 2.52. The second-order valence-corrected chi connectivity index (χ2v) is 18.6. The summed E-state index contributed by atoms with van der Waals surface area (Å²) < 4.78 is 0. The third-order valence-electron chi connectivity index (χ3n) is 15.4. The van der Waals surface area contributed by atoms with Crippen LogP contribution in [0.15, 0.2) is 158 Å². The molecule has 0 saturated heterocycles. The first kappa shape index (κ1) is 33.5. The number of hydrogen-bond acceptors (Lipinski definition) is 1. The highest BCUT2D eigenvalue weighted by Crippen LogP contribution is 2.70. The fraction of sp³-hybridized carbons (Fsp3) is 0.250. The van der Waals surface area contributed by atoms with E-state index in [1.807, 2.05) is 0 Å². The largest absolute Gasteiger partial charge is 0.310 e. The fourth-order valence-electron chi connectivity index (χ4n) is 13.3. The van der Waals surface area contributed by atoms with E-state index in [0.717, 1.165) is 23.7 Å². The topological polar surface area (TPSA) is 3.24 Å². The van der Waals surface area contributed by atoms with E-state index < -0.39 is 0 Å². The Labute approximate surface area is 338 Å². The van der Waals surface area contributed by atoms with Gasteiger partial charge in [-0.15, -0.1) is 0 Å². The molecule has 7 aromatic carbocycles. The minimum absolute atomic E-state index is 0.0797. The molecule has 7 aromatic rings. The van der Waals surface area contributed by atoms with E-state index >= 15 is 0 Å². The van der Waals surface area contributed by atoms with Gasteiger partial charge in [-0.25, -0.2) is 0 Å². The van der Waals surface area contributed by atoms with Crippen LogP contribution in [0.1, 0.15) is 73.8 Å². The molecule has 1 nitrogen and oxygen atoms in total. The van der Waals surface area contributed by atoms with Crippen molar-refractivity contribution in [3.63, 3.8) is 0 Å². The van der Waals surface area contributed by atoms with Gasteiger partial charge in [0.1, 0.15) is 0 Å². The van der Waals surface area contributed by atoms with Crippen molar-refractivity contribution in [2.24, 2.45) is 23.7 Å². The first-order valence-corrected chi connectivity index (χ1v) is 21.4. The Morgan fingerprint density at radius 1 is 0.456 bits per heavy atom. The van der Waals surface area contributed by atoms with E-state index in [1.54, 1.807) is 11.1 Å². The number of aryl methyl sites for hydroxylation is 1. The van der Waals surface area contributed by atoms with Crippen molar-refractivity contribution < 1.29 is 0 Å². The molecular formula is C56H49N. The summed E-state index contributed by atoms with van der Waals surface area (Å²) in [5, 5.41) is 0. The van der Waals surface area contributed by atoms with Crippen LogP contribution in [0.3, 0.4) is 0 Å². The van der Waals surface area contributed by atoms with Crippen LogP contribution in [0.2, 0.25) is 0 Å². The number of anilines is 3. The first-order valence-electron chi connectivity index (χ1n) is 21.4. The molecule has 0 aliphatic heterocycles. The van der Waals surface area contributed by atoms with Crippen LogP contribution in [0, 0.1) is 30.6 Å². The van der Waals surface area contributed by atoms with E-state index in [1.165, 1.54) is 110 Å². The molecule has 1 spiro atoms. The van der Waals surface area contributed by atoms with Gasteiger partial charge in [-0.2, -0.15) is 0 Å². The average Bonchev–Trinajstić information content (AvgIpc) is 3.67. The van der Waals surface area contributed by atoms with Crippen molar-refractivity contribution in [2.45, 2.75) is 63.7 Å². The zero-order valence-electron chi connectivity index (χ0n) is 33.3. The maximum absolute atomic E-state index is 2.52. The summed E-state index contributed by atoms with van der Waals surface area (Å²) in [6, 6.07) is 60.0. The molecule has 0 atom stereocenters. The van der Waals surface area contributed by atoms with E-state index in [4.69, 9.17) is 0 Å². The molecule has 0 heterocycles. The van der Waals surface area contributed by atoms with Crippen LogP contribution >= 0.6 is 0 Å². The van der Waals surface area contributed by atoms with Crippen molar-refractivity contribution in [3.8, 4) is 44.5 Å². The van der Waals surface area contributed by atoms with Crippen LogP contribution in [0.5, 0.6) is 0 Å². The fourth-order valence-corrected chi connectivity index (χ4v) is 13.3. The molecule has 4 bridgehead atoms. The first-order chi connectivity index (χ1) is 27.9. The van der Waals surface area contributed by atoms with Gasteiger partial charge in [-0.1, -0.05) is 141 Å². The molecule has 0 unspecified atom stereocenters. The summed E-state index contributed by atoms with van der Waals surface area (Å²) in [5.74, 6) is 3.32. The lowest BCUT2D eigenvalue weighted by molar-refractivity contribution is -0.0397. The highest BCUT2D eigenvalue weighted by atomic mass is 15.1. The van der Waals surface area contributed by atoms with Crippen LogP contribution in [0.4, 0.5) is 17.1 Å². The SMILES string of the molecule is Cc1cc(N(c2ccc(-c3ccccc3)cc2)c2cccc3c2-c2ccccc2C3(C)C)ccc1-c1cccc2c1C1(c3ccccc3-2)C2CC3CC(C2)CC1C3. The van der Waals surface area contributed by atoms with Crippen molar-refractivity contribution >= 4 is 17.1 Å². The van der Waals surface area contributed by atoms with Gasteiger partial charge >= 0.3 is 0 Å². The minimum atomic E-state index is -0.0797. The summed E-state index contributed by atoms with van der Waals surface area (Å²) in [5.41, 5.74) is 22.0. The number of nitrogens with zero attached hydrogens (tertiary/aromatic N) is 1. The minimum Gasteiger partial charge on any atom is -0.310 e. The molecule has 4 fully saturated rings. The molecule has 4 saturated carbocycles. The van der Waals surface area contributed by atoms with E-state index in [0.29, 0.717) is 0 Å². The lowest BCUT2D eigenvalue weighted by Gasteiger charge is -2.61.